The van der Waals surface area contributed by atoms with Gasteiger partial charge in [0.2, 0.25) is 0 Å². The lowest BCUT2D eigenvalue weighted by molar-refractivity contribution is 0.625. The van der Waals surface area contributed by atoms with Gasteiger partial charge in [-0.15, -0.1) is 0 Å². The summed E-state index contributed by atoms with van der Waals surface area (Å²) in [6, 6.07) is 1.90. The summed E-state index contributed by atoms with van der Waals surface area (Å²) in [7, 11) is 0. The summed E-state index contributed by atoms with van der Waals surface area (Å²) >= 11 is 6.16. The molecule has 4 nitrogen and oxygen atoms in total. The zero-order valence-corrected chi connectivity index (χ0v) is 10.2. The number of hydrogen-bond acceptors (Lipinski definition) is 4. The first-order chi connectivity index (χ1) is 8.33. The first-order valence-electron chi connectivity index (χ1n) is 5.40. The van der Waals surface area contributed by atoms with E-state index in [4.69, 9.17) is 11.6 Å². The summed E-state index contributed by atoms with van der Waals surface area (Å²) in [5.74, 6) is 0. The number of halogens is 1. The molecule has 1 unspecified atom stereocenters. The van der Waals surface area contributed by atoms with Crippen LogP contribution >= 0.6 is 11.6 Å². The molecule has 0 bridgehead atoms. The van der Waals surface area contributed by atoms with Gasteiger partial charge in [0, 0.05) is 30.4 Å². The average molecular weight is 249 g/mol. The fourth-order valence-electron chi connectivity index (χ4n) is 1.69. The maximum Gasteiger partial charge on any atom is 0.115 e. The molecule has 0 fully saturated rings. The van der Waals surface area contributed by atoms with E-state index < -0.39 is 0 Å². The SMILES string of the molecule is CCNC(c1cncnc1)c1ccncc1Cl. The predicted octanol–water partition coefficient (Wildman–Crippen LogP) is 2.22. The van der Waals surface area contributed by atoms with Gasteiger partial charge in [-0.25, -0.2) is 9.97 Å². The van der Waals surface area contributed by atoms with Gasteiger partial charge in [-0.05, 0) is 18.2 Å². The van der Waals surface area contributed by atoms with Gasteiger partial charge in [0.15, 0.2) is 0 Å². The third-order valence-electron chi connectivity index (χ3n) is 2.44. The van der Waals surface area contributed by atoms with Gasteiger partial charge in [0.05, 0.1) is 11.1 Å². The van der Waals surface area contributed by atoms with E-state index >= 15 is 0 Å². The number of nitrogens with zero attached hydrogens (tertiary/aromatic N) is 3. The third-order valence-corrected chi connectivity index (χ3v) is 2.75. The lowest BCUT2D eigenvalue weighted by atomic mass is 10.0. The van der Waals surface area contributed by atoms with Gasteiger partial charge in [-0.2, -0.15) is 0 Å². The molecule has 0 aromatic carbocycles. The quantitative estimate of drug-likeness (QED) is 0.902. The maximum absolute atomic E-state index is 6.16. The van der Waals surface area contributed by atoms with Crippen molar-refractivity contribution in [1.82, 2.24) is 20.3 Å². The van der Waals surface area contributed by atoms with Gasteiger partial charge in [-0.1, -0.05) is 18.5 Å². The van der Waals surface area contributed by atoms with E-state index in [-0.39, 0.29) is 6.04 Å². The van der Waals surface area contributed by atoms with Crippen molar-refractivity contribution in [3.63, 3.8) is 0 Å². The van der Waals surface area contributed by atoms with Crippen LogP contribution in [0.2, 0.25) is 5.02 Å². The van der Waals surface area contributed by atoms with Crippen molar-refractivity contribution in [2.24, 2.45) is 0 Å². The highest BCUT2D eigenvalue weighted by Gasteiger charge is 2.16. The summed E-state index contributed by atoms with van der Waals surface area (Å²) in [5, 5.41) is 4.00. The number of aromatic nitrogens is 3. The normalized spacial score (nSPS) is 12.4. The Bertz CT molecular complexity index is 475. The second kappa shape index (κ2) is 5.70. The molecule has 0 saturated heterocycles. The topological polar surface area (TPSA) is 50.7 Å². The smallest absolute Gasteiger partial charge is 0.115 e. The molecule has 17 heavy (non-hydrogen) atoms. The van der Waals surface area contributed by atoms with Crippen LogP contribution in [0.3, 0.4) is 0 Å². The molecule has 0 aliphatic heterocycles. The number of rotatable bonds is 4. The van der Waals surface area contributed by atoms with Gasteiger partial charge < -0.3 is 5.32 Å². The van der Waals surface area contributed by atoms with Crippen molar-refractivity contribution in [3.05, 3.63) is 53.3 Å². The maximum atomic E-state index is 6.16. The second-order valence-corrected chi connectivity index (χ2v) is 3.97. The van der Waals surface area contributed by atoms with Gasteiger partial charge in [0.1, 0.15) is 6.33 Å². The van der Waals surface area contributed by atoms with Crippen molar-refractivity contribution >= 4 is 11.6 Å². The molecule has 2 heterocycles. The molecule has 0 aliphatic carbocycles. The van der Waals surface area contributed by atoms with E-state index in [1.807, 2.05) is 13.0 Å². The molecule has 0 aliphatic rings. The van der Waals surface area contributed by atoms with Crippen molar-refractivity contribution < 1.29 is 0 Å². The number of pyridine rings is 1. The Balaban J connectivity index is 2.39. The lowest BCUT2D eigenvalue weighted by Crippen LogP contribution is -2.22. The fraction of sp³-hybridized carbons (Fsp3) is 0.250. The minimum Gasteiger partial charge on any atom is -0.306 e. The van der Waals surface area contributed by atoms with E-state index in [0.717, 1.165) is 17.7 Å². The Labute approximate surface area is 105 Å². The molecule has 1 N–H and O–H groups in total. The van der Waals surface area contributed by atoms with Crippen LogP contribution in [0.1, 0.15) is 24.1 Å². The molecular formula is C12H13ClN4. The minimum atomic E-state index is -0.00306. The summed E-state index contributed by atoms with van der Waals surface area (Å²) in [4.78, 5) is 12.1. The highest BCUT2D eigenvalue weighted by atomic mass is 35.5. The van der Waals surface area contributed by atoms with Gasteiger partial charge in [0.25, 0.3) is 0 Å². The van der Waals surface area contributed by atoms with Crippen LogP contribution in [-0.2, 0) is 0 Å². The van der Waals surface area contributed by atoms with E-state index in [0.29, 0.717) is 5.02 Å². The number of hydrogen-bond donors (Lipinski definition) is 1. The van der Waals surface area contributed by atoms with E-state index in [1.165, 1.54) is 6.33 Å². The van der Waals surface area contributed by atoms with E-state index in [2.05, 4.69) is 20.3 Å². The van der Waals surface area contributed by atoms with Crippen LogP contribution in [-0.4, -0.2) is 21.5 Å². The molecule has 5 heteroatoms. The predicted molar refractivity (Wildman–Crippen MR) is 66.8 cm³/mol. The first-order valence-corrected chi connectivity index (χ1v) is 5.78. The van der Waals surface area contributed by atoms with Crippen molar-refractivity contribution in [3.8, 4) is 0 Å². The molecule has 88 valence electrons. The van der Waals surface area contributed by atoms with Crippen molar-refractivity contribution in [2.75, 3.05) is 6.54 Å². The van der Waals surface area contributed by atoms with Crippen molar-refractivity contribution in [2.45, 2.75) is 13.0 Å². The van der Waals surface area contributed by atoms with Crippen LogP contribution in [0.4, 0.5) is 0 Å². The van der Waals surface area contributed by atoms with Crippen LogP contribution in [0.5, 0.6) is 0 Å². The standard InChI is InChI=1S/C12H13ClN4/c1-2-17-12(9-5-15-8-16-6-9)10-3-4-14-7-11(10)13/h3-8,12,17H,2H2,1H3. The van der Waals surface area contributed by atoms with Crippen LogP contribution in [0.25, 0.3) is 0 Å². The Hall–Kier alpha value is -1.52. The molecule has 1 atom stereocenters. The molecule has 0 radical (unpaired) electrons. The van der Waals surface area contributed by atoms with Crippen LogP contribution < -0.4 is 5.32 Å². The lowest BCUT2D eigenvalue weighted by Gasteiger charge is -2.18. The van der Waals surface area contributed by atoms with Crippen molar-refractivity contribution in [1.29, 1.82) is 0 Å². The Morgan fingerprint density at radius 1 is 1.24 bits per heavy atom. The number of nitrogens with one attached hydrogen (secondary N) is 1. The first kappa shape index (κ1) is 12.0. The zero-order valence-electron chi connectivity index (χ0n) is 9.47. The summed E-state index contributed by atoms with van der Waals surface area (Å²) in [5.41, 5.74) is 1.97. The second-order valence-electron chi connectivity index (χ2n) is 3.56. The van der Waals surface area contributed by atoms with Crippen LogP contribution in [0, 0.1) is 0 Å². The Kier molecular flexibility index (Phi) is 4.01. The molecule has 2 aromatic heterocycles. The monoisotopic (exact) mass is 248 g/mol. The molecule has 0 spiro atoms. The average Bonchev–Trinajstić information content (AvgIpc) is 2.38. The third kappa shape index (κ3) is 2.78. The largest absolute Gasteiger partial charge is 0.306 e. The Morgan fingerprint density at radius 3 is 2.65 bits per heavy atom. The van der Waals surface area contributed by atoms with Crippen LogP contribution in [0.15, 0.2) is 37.2 Å². The summed E-state index contributed by atoms with van der Waals surface area (Å²) in [6.07, 6.45) is 8.47. The highest BCUT2D eigenvalue weighted by molar-refractivity contribution is 6.31. The highest BCUT2D eigenvalue weighted by Crippen LogP contribution is 2.26. The minimum absolute atomic E-state index is 0.00306. The molecular weight excluding hydrogens is 236 g/mol. The zero-order chi connectivity index (χ0) is 12.1. The summed E-state index contributed by atoms with van der Waals surface area (Å²) in [6.45, 7) is 2.88. The van der Waals surface area contributed by atoms with Gasteiger partial charge >= 0.3 is 0 Å². The molecule has 0 saturated carbocycles. The van der Waals surface area contributed by atoms with E-state index in [9.17, 15) is 0 Å². The molecule has 2 rings (SSSR count). The van der Waals surface area contributed by atoms with Gasteiger partial charge in [-0.3, -0.25) is 4.98 Å². The molecule has 0 amide bonds. The van der Waals surface area contributed by atoms with E-state index in [1.54, 1.807) is 24.8 Å². The molecule has 2 aromatic rings. The Morgan fingerprint density at radius 2 is 2.00 bits per heavy atom. The summed E-state index contributed by atoms with van der Waals surface area (Å²) < 4.78 is 0. The fourth-order valence-corrected chi connectivity index (χ4v) is 1.92.